The van der Waals surface area contributed by atoms with E-state index in [0.717, 1.165) is 11.3 Å². The van der Waals surface area contributed by atoms with Crippen LogP contribution < -0.4 is 16.4 Å². The average Bonchev–Trinajstić information content (AvgIpc) is 2.91. The molecular weight excluding hydrogens is 266 g/mol. The van der Waals surface area contributed by atoms with Crippen molar-refractivity contribution in [2.24, 2.45) is 5.73 Å². The topological polar surface area (TPSA) is 84.2 Å². The zero-order chi connectivity index (χ0) is 14.8. The van der Waals surface area contributed by atoms with Crippen molar-refractivity contribution in [3.8, 4) is 0 Å². The Morgan fingerprint density at radius 2 is 1.95 bits per heavy atom. The first kappa shape index (κ1) is 13.2. The van der Waals surface area contributed by atoms with Gasteiger partial charge in [-0.25, -0.2) is 0 Å². The Morgan fingerprint density at radius 3 is 2.71 bits per heavy atom. The molecule has 2 aromatic rings. The van der Waals surface area contributed by atoms with Crippen molar-refractivity contribution in [2.75, 3.05) is 10.6 Å². The fraction of sp³-hybridized carbons (Fsp3) is 0.125. The Bertz CT molecular complexity index is 687. The quantitative estimate of drug-likeness (QED) is 0.801. The molecule has 0 unspecified atom stereocenters. The van der Waals surface area contributed by atoms with Crippen LogP contribution in [0.1, 0.15) is 15.9 Å². The molecule has 1 atom stereocenters. The third kappa shape index (κ3) is 2.72. The summed E-state index contributed by atoms with van der Waals surface area (Å²) in [6.07, 6.45) is 0.650. The van der Waals surface area contributed by atoms with Crippen LogP contribution in [0.4, 0.5) is 11.4 Å². The zero-order valence-electron chi connectivity index (χ0n) is 11.3. The van der Waals surface area contributed by atoms with E-state index < -0.39 is 5.91 Å². The van der Waals surface area contributed by atoms with Gasteiger partial charge in [-0.1, -0.05) is 24.3 Å². The maximum atomic E-state index is 12.3. The molecule has 0 saturated heterocycles. The normalized spacial score (nSPS) is 15.9. The first-order valence-corrected chi connectivity index (χ1v) is 6.68. The van der Waals surface area contributed by atoms with E-state index in [1.54, 1.807) is 24.3 Å². The van der Waals surface area contributed by atoms with Gasteiger partial charge in [0.2, 0.25) is 11.8 Å². The second-order valence-electron chi connectivity index (χ2n) is 4.99. The molecule has 106 valence electrons. The number of hydrogen-bond donors (Lipinski definition) is 3. The number of para-hydroxylation sites is 1. The Kier molecular flexibility index (Phi) is 3.31. The lowest BCUT2D eigenvalue weighted by atomic mass is 10.1. The molecule has 0 aliphatic carbocycles. The summed E-state index contributed by atoms with van der Waals surface area (Å²) in [7, 11) is 0. The second-order valence-corrected chi connectivity index (χ2v) is 4.99. The summed E-state index contributed by atoms with van der Waals surface area (Å²) in [4.78, 5) is 23.4. The molecule has 0 radical (unpaired) electrons. The minimum atomic E-state index is -0.516. The number of carbonyl (C=O) groups is 2. The van der Waals surface area contributed by atoms with Crippen molar-refractivity contribution < 1.29 is 9.59 Å². The molecule has 0 spiro atoms. The third-order valence-corrected chi connectivity index (χ3v) is 3.50. The van der Waals surface area contributed by atoms with E-state index in [9.17, 15) is 9.59 Å². The Morgan fingerprint density at radius 1 is 1.14 bits per heavy atom. The van der Waals surface area contributed by atoms with Crippen LogP contribution in [0.15, 0.2) is 48.5 Å². The number of carbonyl (C=O) groups excluding carboxylic acids is 2. The molecule has 0 aromatic heterocycles. The van der Waals surface area contributed by atoms with Crippen LogP contribution in [0.25, 0.3) is 0 Å². The predicted molar refractivity (Wildman–Crippen MR) is 81.1 cm³/mol. The van der Waals surface area contributed by atoms with E-state index in [2.05, 4.69) is 10.6 Å². The van der Waals surface area contributed by atoms with E-state index in [1.807, 2.05) is 24.3 Å². The van der Waals surface area contributed by atoms with Crippen molar-refractivity contribution in [1.29, 1.82) is 0 Å². The number of hydrogen-bond acceptors (Lipinski definition) is 3. The van der Waals surface area contributed by atoms with Gasteiger partial charge in [0.05, 0.1) is 0 Å². The van der Waals surface area contributed by atoms with Crippen LogP contribution in [0.5, 0.6) is 0 Å². The summed E-state index contributed by atoms with van der Waals surface area (Å²) in [5.41, 5.74) is 8.28. The minimum Gasteiger partial charge on any atom is -0.373 e. The van der Waals surface area contributed by atoms with Crippen LogP contribution in [-0.4, -0.2) is 17.9 Å². The van der Waals surface area contributed by atoms with Crippen molar-refractivity contribution in [2.45, 2.75) is 12.5 Å². The van der Waals surface area contributed by atoms with Gasteiger partial charge in [0.1, 0.15) is 6.04 Å². The number of benzene rings is 2. The molecule has 1 aliphatic heterocycles. The van der Waals surface area contributed by atoms with Crippen LogP contribution in [-0.2, 0) is 11.2 Å². The van der Waals surface area contributed by atoms with E-state index in [-0.39, 0.29) is 11.9 Å². The summed E-state index contributed by atoms with van der Waals surface area (Å²) < 4.78 is 0. The minimum absolute atomic E-state index is 0.132. The smallest absolute Gasteiger partial charge is 0.248 e. The molecule has 0 bridgehead atoms. The number of rotatable bonds is 3. The third-order valence-electron chi connectivity index (χ3n) is 3.50. The lowest BCUT2D eigenvalue weighted by Gasteiger charge is -2.12. The maximum absolute atomic E-state index is 12.3. The summed E-state index contributed by atoms with van der Waals surface area (Å²) in [5, 5.41) is 5.99. The zero-order valence-corrected chi connectivity index (χ0v) is 11.3. The fourth-order valence-electron chi connectivity index (χ4n) is 2.44. The molecule has 0 saturated carbocycles. The van der Waals surface area contributed by atoms with Crippen molar-refractivity contribution >= 4 is 23.2 Å². The fourth-order valence-corrected chi connectivity index (χ4v) is 2.44. The number of nitrogens with two attached hydrogens (primary N) is 1. The molecule has 1 aliphatic rings. The number of nitrogens with one attached hydrogen (secondary N) is 2. The van der Waals surface area contributed by atoms with Gasteiger partial charge in [0.15, 0.2) is 0 Å². The number of anilines is 2. The molecular formula is C16H15N3O2. The molecule has 4 N–H and O–H groups in total. The van der Waals surface area contributed by atoms with E-state index in [4.69, 9.17) is 5.73 Å². The number of fused-ring (bicyclic) bond motifs is 1. The van der Waals surface area contributed by atoms with Crippen LogP contribution in [0, 0.1) is 0 Å². The van der Waals surface area contributed by atoms with Gasteiger partial charge < -0.3 is 16.4 Å². The van der Waals surface area contributed by atoms with Crippen molar-refractivity contribution in [3.63, 3.8) is 0 Å². The Hall–Kier alpha value is -2.82. The van der Waals surface area contributed by atoms with Gasteiger partial charge in [-0.05, 0) is 29.8 Å². The summed E-state index contributed by atoms with van der Waals surface area (Å²) in [6, 6.07) is 14.1. The largest absolute Gasteiger partial charge is 0.373 e. The van der Waals surface area contributed by atoms with E-state index in [0.29, 0.717) is 17.7 Å². The molecule has 5 nitrogen and oxygen atoms in total. The molecule has 1 heterocycles. The van der Waals surface area contributed by atoms with Crippen molar-refractivity contribution in [1.82, 2.24) is 0 Å². The van der Waals surface area contributed by atoms with Gasteiger partial charge in [-0.3, -0.25) is 9.59 Å². The molecule has 21 heavy (non-hydrogen) atoms. The highest BCUT2D eigenvalue weighted by molar-refractivity contribution is 5.99. The highest BCUT2D eigenvalue weighted by atomic mass is 16.2. The first-order chi connectivity index (χ1) is 10.1. The molecule has 0 fully saturated rings. The first-order valence-electron chi connectivity index (χ1n) is 6.68. The van der Waals surface area contributed by atoms with Gasteiger partial charge in [0, 0.05) is 23.4 Å². The molecule has 2 amide bonds. The Balaban J connectivity index is 1.71. The summed E-state index contributed by atoms with van der Waals surface area (Å²) >= 11 is 0. The number of amides is 2. The van der Waals surface area contributed by atoms with Gasteiger partial charge in [0.25, 0.3) is 0 Å². The van der Waals surface area contributed by atoms with Gasteiger partial charge in [-0.15, -0.1) is 0 Å². The van der Waals surface area contributed by atoms with Crippen LogP contribution >= 0.6 is 0 Å². The standard InChI is InChI=1S/C16H15N3O2/c17-15(20)11-5-3-6-12(8-11)18-16(21)14-9-10-4-1-2-7-13(10)19-14/h1-8,14,19H,9H2,(H2,17,20)(H,18,21)/t14-/m0/s1. The lowest BCUT2D eigenvalue weighted by molar-refractivity contribution is -0.116. The highest BCUT2D eigenvalue weighted by Crippen LogP contribution is 2.25. The summed E-state index contributed by atoms with van der Waals surface area (Å²) in [6.45, 7) is 0. The second kappa shape index (κ2) is 5.28. The molecule has 2 aromatic carbocycles. The molecule has 3 rings (SSSR count). The average molecular weight is 281 g/mol. The monoisotopic (exact) mass is 281 g/mol. The Labute approximate surface area is 122 Å². The lowest BCUT2D eigenvalue weighted by Crippen LogP contribution is -2.32. The SMILES string of the molecule is NC(=O)c1cccc(NC(=O)[C@@H]2Cc3ccccc3N2)c1. The highest BCUT2D eigenvalue weighted by Gasteiger charge is 2.26. The summed E-state index contributed by atoms with van der Waals surface area (Å²) in [5.74, 6) is -0.648. The van der Waals surface area contributed by atoms with Crippen molar-refractivity contribution in [3.05, 3.63) is 59.7 Å². The van der Waals surface area contributed by atoms with E-state index in [1.165, 1.54) is 0 Å². The van der Waals surface area contributed by atoms with E-state index >= 15 is 0 Å². The van der Waals surface area contributed by atoms with Crippen LogP contribution in [0.3, 0.4) is 0 Å². The molecule has 5 heteroatoms. The van der Waals surface area contributed by atoms with Crippen LogP contribution in [0.2, 0.25) is 0 Å². The predicted octanol–water partition coefficient (Wildman–Crippen LogP) is 1.76. The van der Waals surface area contributed by atoms with Gasteiger partial charge in [-0.2, -0.15) is 0 Å². The number of primary amides is 1. The maximum Gasteiger partial charge on any atom is 0.248 e. The van der Waals surface area contributed by atoms with Gasteiger partial charge >= 0.3 is 0 Å².